The molecule has 0 saturated carbocycles. The molecule has 4 atom stereocenters. The number of benzene rings is 3. The fourth-order valence-electron chi connectivity index (χ4n) is 6.41. The van der Waals surface area contributed by atoms with Crippen molar-refractivity contribution in [1.29, 1.82) is 0 Å². The van der Waals surface area contributed by atoms with Crippen LogP contribution in [0.15, 0.2) is 121 Å². The second kappa shape index (κ2) is 19.3. The highest BCUT2D eigenvalue weighted by molar-refractivity contribution is 7.09. The average molecular weight is 787 g/mol. The number of carboxylic acids is 1. The van der Waals surface area contributed by atoms with Gasteiger partial charge in [0.1, 0.15) is 24.2 Å². The highest BCUT2D eigenvalue weighted by Crippen LogP contribution is 2.20. The van der Waals surface area contributed by atoms with Crippen LogP contribution in [-0.4, -0.2) is 69.8 Å². The second-order valence-corrected chi connectivity index (χ2v) is 14.7. The molecule has 2 bridgehead atoms. The number of aliphatic carboxylic acids is 1. The lowest BCUT2D eigenvalue weighted by atomic mass is 9.99. The molecule has 0 fully saturated rings. The lowest BCUT2D eigenvalue weighted by Gasteiger charge is -2.26. The van der Waals surface area contributed by atoms with Gasteiger partial charge in [0.2, 0.25) is 29.5 Å². The molecule has 3 aromatic carbocycles. The third-order valence-electron chi connectivity index (χ3n) is 9.44. The first kappa shape index (κ1) is 40.0. The molecule has 14 heteroatoms. The van der Waals surface area contributed by atoms with Crippen molar-refractivity contribution >= 4 is 52.5 Å². The summed E-state index contributed by atoms with van der Waals surface area (Å²) in [6.45, 7) is 0. The van der Waals surface area contributed by atoms with Gasteiger partial charge in [0.05, 0.1) is 0 Å². The molecule has 13 nitrogen and oxygen atoms in total. The molecule has 7 rings (SSSR count). The zero-order valence-electron chi connectivity index (χ0n) is 30.9. The maximum atomic E-state index is 14.4. The van der Waals surface area contributed by atoms with Gasteiger partial charge in [-0.1, -0.05) is 78.9 Å². The van der Waals surface area contributed by atoms with Crippen LogP contribution in [0.5, 0.6) is 0 Å². The number of nitrogens with one attached hydrogen (secondary N) is 5. The number of hydrogen-bond donors (Lipinski definition) is 6. The number of carbonyl (C=O) groups is 6. The molecule has 2 aliphatic heterocycles. The number of aromatic nitrogens is 1. The monoisotopic (exact) mass is 786 g/mol. The summed E-state index contributed by atoms with van der Waals surface area (Å²) in [4.78, 5) is 85.9. The Hall–Kier alpha value is -6.67. The lowest BCUT2D eigenvalue weighted by Crippen LogP contribution is -2.59. The van der Waals surface area contributed by atoms with Gasteiger partial charge in [-0.15, -0.1) is 11.3 Å². The van der Waals surface area contributed by atoms with Gasteiger partial charge < -0.3 is 31.7 Å². The van der Waals surface area contributed by atoms with E-state index in [0.29, 0.717) is 22.4 Å². The van der Waals surface area contributed by atoms with Crippen molar-refractivity contribution in [2.24, 2.45) is 0 Å². The number of rotatable bonds is 8. The number of pyridine rings is 1. The minimum Gasteiger partial charge on any atom is -0.480 e. The van der Waals surface area contributed by atoms with Gasteiger partial charge in [-0.25, -0.2) is 4.79 Å². The number of hydrogen-bond acceptors (Lipinski definition) is 8. The van der Waals surface area contributed by atoms with Crippen molar-refractivity contribution in [2.45, 2.75) is 62.7 Å². The van der Waals surface area contributed by atoms with Gasteiger partial charge in [0, 0.05) is 61.5 Å². The van der Waals surface area contributed by atoms with E-state index in [2.05, 4.69) is 31.6 Å². The van der Waals surface area contributed by atoms with Gasteiger partial charge in [0.15, 0.2) is 0 Å². The molecule has 0 unspecified atom stereocenters. The molecule has 2 aromatic heterocycles. The zero-order valence-corrected chi connectivity index (χ0v) is 31.7. The van der Waals surface area contributed by atoms with E-state index in [1.165, 1.54) is 11.3 Å². The van der Waals surface area contributed by atoms with E-state index < -0.39 is 59.7 Å². The number of carbonyl (C=O) groups excluding carboxylic acids is 5. The van der Waals surface area contributed by atoms with Crippen LogP contribution in [0.1, 0.15) is 34.4 Å². The number of nitrogens with zero attached hydrogens (tertiary/aromatic N) is 1. The number of anilines is 1. The smallest absolute Gasteiger partial charge is 0.326 e. The van der Waals surface area contributed by atoms with E-state index in [0.717, 1.165) is 16.0 Å². The quantitative estimate of drug-likeness (QED) is 0.128. The Morgan fingerprint density at radius 2 is 1.26 bits per heavy atom. The summed E-state index contributed by atoms with van der Waals surface area (Å²) in [7, 11) is 0. The summed E-state index contributed by atoms with van der Waals surface area (Å²) in [5, 5.41) is 25.7. The topological polar surface area (TPSA) is 196 Å². The molecule has 0 aliphatic carbocycles. The van der Waals surface area contributed by atoms with Crippen LogP contribution in [0, 0.1) is 0 Å². The van der Waals surface area contributed by atoms with Crippen LogP contribution in [0.25, 0.3) is 11.1 Å². The first-order valence-electron chi connectivity index (χ1n) is 18.5. The number of fused-ring (bicyclic) bond motifs is 18. The SMILES string of the molecule is O=C1CCC(=O)N[C@H](Cc2cccs2)C(=O)N[C@@H](Cc2ccc(-c3ccccc3)cc2)C(=O)N[C@@H](Cc2cccnc2)C(=O)N[C@H](C(=O)O)Cc2ccc(cc2)N1. The Morgan fingerprint density at radius 1 is 0.632 bits per heavy atom. The summed E-state index contributed by atoms with van der Waals surface area (Å²) in [5.74, 6) is -4.36. The largest absolute Gasteiger partial charge is 0.480 e. The van der Waals surface area contributed by atoms with Crippen molar-refractivity contribution < 1.29 is 33.9 Å². The minimum absolute atomic E-state index is 0.0152. The Kier molecular flexibility index (Phi) is 13.5. The van der Waals surface area contributed by atoms with E-state index >= 15 is 0 Å². The van der Waals surface area contributed by atoms with Gasteiger partial charge in [-0.05, 0) is 57.5 Å². The molecule has 5 aromatic rings. The Bertz CT molecular complexity index is 2170. The van der Waals surface area contributed by atoms with Gasteiger partial charge in [0.25, 0.3) is 0 Å². The molecular formula is C43H42N6O7S. The van der Waals surface area contributed by atoms with Crippen LogP contribution in [0.3, 0.4) is 0 Å². The summed E-state index contributed by atoms with van der Waals surface area (Å²) < 4.78 is 0. The van der Waals surface area contributed by atoms with E-state index in [-0.39, 0.29) is 38.5 Å². The molecule has 0 radical (unpaired) electrons. The third-order valence-corrected chi connectivity index (χ3v) is 10.3. The summed E-state index contributed by atoms with van der Waals surface area (Å²) in [6, 6.07) is 25.8. The van der Waals surface area contributed by atoms with Crippen molar-refractivity contribution in [3.63, 3.8) is 0 Å². The van der Waals surface area contributed by atoms with Crippen molar-refractivity contribution in [1.82, 2.24) is 26.3 Å². The third kappa shape index (κ3) is 11.7. The molecule has 2 aliphatic rings. The van der Waals surface area contributed by atoms with Crippen molar-refractivity contribution in [3.05, 3.63) is 142 Å². The fourth-order valence-corrected chi connectivity index (χ4v) is 7.16. The Balaban J connectivity index is 1.34. The summed E-state index contributed by atoms with van der Waals surface area (Å²) in [5.41, 5.74) is 4.25. The van der Waals surface area contributed by atoms with Crippen LogP contribution in [0.2, 0.25) is 0 Å². The maximum Gasteiger partial charge on any atom is 0.326 e. The molecule has 292 valence electrons. The van der Waals surface area contributed by atoms with Crippen LogP contribution >= 0.6 is 11.3 Å². The molecule has 6 N–H and O–H groups in total. The maximum absolute atomic E-state index is 14.4. The highest BCUT2D eigenvalue weighted by Gasteiger charge is 2.32. The number of thiophene rings is 1. The Labute approximate surface area is 333 Å². The average Bonchev–Trinajstić information content (AvgIpc) is 3.73. The van der Waals surface area contributed by atoms with Gasteiger partial charge in [-0.2, -0.15) is 0 Å². The van der Waals surface area contributed by atoms with E-state index in [9.17, 15) is 33.9 Å². The molecule has 57 heavy (non-hydrogen) atoms. The lowest BCUT2D eigenvalue weighted by molar-refractivity contribution is -0.142. The normalized spacial score (nSPS) is 19.9. The number of amides is 5. The predicted molar refractivity (Wildman–Crippen MR) is 215 cm³/mol. The van der Waals surface area contributed by atoms with E-state index in [4.69, 9.17) is 0 Å². The van der Waals surface area contributed by atoms with Crippen LogP contribution < -0.4 is 26.6 Å². The molecule has 0 spiro atoms. The number of carboxylic acid groups (broad SMARTS) is 1. The zero-order chi connectivity index (χ0) is 40.1. The van der Waals surface area contributed by atoms with Gasteiger partial charge in [-0.3, -0.25) is 29.0 Å². The van der Waals surface area contributed by atoms with Crippen molar-refractivity contribution in [2.75, 3.05) is 5.32 Å². The van der Waals surface area contributed by atoms with Crippen molar-refractivity contribution in [3.8, 4) is 11.1 Å². The first-order valence-corrected chi connectivity index (χ1v) is 19.4. The standard InChI is InChI=1S/C43H42N6O7S/c50-38-18-19-39(51)46-36(25-33-9-5-21-57-33)42(54)47-34(22-27-10-14-31(15-11-27)30-7-2-1-3-8-30)40(52)48-35(24-29-6-4-20-44-26-29)41(53)49-37(43(55)56)23-28-12-16-32(45-38)17-13-28/h1-17,20-21,26,34-37H,18-19,22-25H2,(H,45,50)(H,46,51)(H,47,54)(H,48,52)(H,49,53)(H,55,56)/t34-,35-,36+,37-/m0/s1. The molecular weight excluding hydrogens is 745 g/mol. The van der Waals surface area contributed by atoms with Crippen LogP contribution in [-0.2, 0) is 54.5 Å². The van der Waals surface area contributed by atoms with E-state index in [1.807, 2.05) is 72.1 Å². The summed E-state index contributed by atoms with van der Waals surface area (Å²) >= 11 is 1.40. The first-order chi connectivity index (χ1) is 27.6. The van der Waals surface area contributed by atoms with Crippen LogP contribution in [0.4, 0.5) is 5.69 Å². The van der Waals surface area contributed by atoms with Gasteiger partial charge >= 0.3 is 5.97 Å². The molecule has 0 saturated heterocycles. The predicted octanol–water partition coefficient (Wildman–Crippen LogP) is 3.84. The van der Waals surface area contributed by atoms with E-state index in [1.54, 1.807) is 48.8 Å². The Morgan fingerprint density at radius 3 is 1.89 bits per heavy atom. The fraction of sp³-hybridized carbons (Fsp3) is 0.233. The molecule has 4 heterocycles. The minimum atomic E-state index is -1.37. The second-order valence-electron chi connectivity index (χ2n) is 13.7. The highest BCUT2D eigenvalue weighted by atomic mass is 32.1. The summed E-state index contributed by atoms with van der Waals surface area (Å²) in [6.07, 6.45) is 2.74. The molecule has 5 amide bonds.